The van der Waals surface area contributed by atoms with Crippen LogP contribution in [0.5, 0.6) is 0 Å². The van der Waals surface area contributed by atoms with E-state index in [1.54, 1.807) is 12.4 Å². The lowest BCUT2D eigenvalue weighted by Crippen LogP contribution is -2.31. The lowest BCUT2D eigenvalue weighted by atomic mass is 10.1. The van der Waals surface area contributed by atoms with Gasteiger partial charge < -0.3 is 20.9 Å². The molecule has 1 aromatic carbocycles. The molecule has 1 aromatic heterocycles. The molecule has 0 unspecified atom stereocenters. The number of urea groups is 1. The van der Waals surface area contributed by atoms with Crippen LogP contribution in [0.3, 0.4) is 0 Å². The number of anilines is 1. The van der Waals surface area contributed by atoms with Crippen molar-refractivity contribution in [3.63, 3.8) is 0 Å². The molecule has 0 saturated heterocycles. The van der Waals surface area contributed by atoms with Gasteiger partial charge >= 0.3 is 6.03 Å². The number of benzene rings is 1. The first-order valence-corrected chi connectivity index (χ1v) is 9.40. The number of carbonyl (C=O) groups excluding carboxylic acids is 1. The highest BCUT2D eigenvalue weighted by Gasteiger charge is 2.07. The summed E-state index contributed by atoms with van der Waals surface area (Å²) in [5.74, 6) is 0. The van der Waals surface area contributed by atoms with Crippen molar-refractivity contribution < 1.29 is 4.79 Å². The molecule has 0 aliphatic carbocycles. The summed E-state index contributed by atoms with van der Waals surface area (Å²) in [6, 6.07) is 9.64. The maximum Gasteiger partial charge on any atom is 0.319 e. The van der Waals surface area contributed by atoms with Crippen molar-refractivity contribution in [2.45, 2.75) is 6.42 Å². The lowest BCUT2D eigenvalue weighted by Gasteiger charge is -2.18. The van der Waals surface area contributed by atoms with Gasteiger partial charge in [0.15, 0.2) is 0 Å². The molecule has 0 saturated carbocycles. The van der Waals surface area contributed by atoms with Crippen LogP contribution in [0, 0.1) is 3.57 Å². The fourth-order valence-corrected chi connectivity index (χ4v) is 3.36. The van der Waals surface area contributed by atoms with E-state index in [0.717, 1.165) is 33.4 Å². The molecular weight excluding hydrogens is 441 g/mol. The van der Waals surface area contributed by atoms with Gasteiger partial charge in [0.25, 0.3) is 0 Å². The molecular formula is C19H20IN5O. The van der Waals surface area contributed by atoms with Crippen LogP contribution >= 0.6 is 22.6 Å². The number of nitrogens with zero attached hydrogens (tertiary/aromatic N) is 2. The molecule has 7 heteroatoms. The van der Waals surface area contributed by atoms with E-state index in [0.29, 0.717) is 6.54 Å². The van der Waals surface area contributed by atoms with Crippen molar-refractivity contribution in [2.75, 3.05) is 18.4 Å². The minimum Gasteiger partial charge on any atom is -0.365 e. The van der Waals surface area contributed by atoms with Crippen molar-refractivity contribution >= 4 is 34.3 Å². The molecule has 0 spiro atoms. The van der Waals surface area contributed by atoms with Crippen molar-refractivity contribution in [1.29, 1.82) is 0 Å². The van der Waals surface area contributed by atoms with Gasteiger partial charge in [0.1, 0.15) is 0 Å². The predicted octanol–water partition coefficient (Wildman–Crippen LogP) is 3.71. The maximum absolute atomic E-state index is 12.0. The van der Waals surface area contributed by atoms with Crippen molar-refractivity contribution in [1.82, 2.24) is 20.5 Å². The Bertz CT molecular complexity index is 795. The van der Waals surface area contributed by atoms with Gasteiger partial charge in [0.05, 0.1) is 0 Å². The average molecular weight is 461 g/mol. The normalized spacial score (nSPS) is 12.6. The highest BCUT2D eigenvalue weighted by atomic mass is 127. The van der Waals surface area contributed by atoms with Gasteiger partial charge in [-0.1, -0.05) is 6.07 Å². The van der Waals surface area contributed by atoms with Gasteiger partial charge in [0, 0.05) is 59.5 Å². The van der Waals surface area contributed by atoms with Crippen LogP contribution in [0.25, 0.3) is 11.1 Å². The van der Waals surface area contributed by atoms with Gasteiger partial charge in [-0.2, -0.15) is 0 Å². The van der Waals surface area contributed by atoms with E-state index in [-0.39, 0.29) is 6.03 Å². The largest absolute Gasteiger partial charge is 0.365 e. The second kappa shape index (κ2) is 9.23. The molecule has 3 rings (SSSR count). The molecule has 0 atom stereocenters. The van der Waals surface area contributed by atoms with Crippen LogP contribution in [0.1, 0.15) is 6.42 Å². The van der Waals surface area contributed by atoms with Crippen LogP contribution in [0.15, 0.2) is 67.5 Å². The Hall–Kier alpha value is -2.55. The van der Waals surface area contributed by atoms with Crippen LogP contribution < -0.4 is 16.0 Å². The summed E-state index contributed by atoms with van der Waals surface area (Å²) in [6.07, 6.45) is 12.1. The molecule has 6 nitrogen and oxygen atoms in total. The van der Waals surface area contributed by atoms with Crippen LogP contribution in [0.4, 0.5) is 10.5 Å². The molecule has 1 aliphatic heterocycles. The number of halogens is 1. The Labute approximate surface area is 166 Å². The molecule has 0 fully saturated rings. The van der Waals surface area contributed by atoms with Crippen LogP contribution in [-0.4, -0.2) is 29.0 Å². The van der Waals surface area contributed by atoms with E-state index in [9.17, 15) is 4.79 Å². The zero-order valence-corrected chi connectivity index (χ0v) is 16.3. The second-order valence-electron chi connectivity index (χ2n) is 5.70. The fourth-order valence-electron chi connectivity index (χ4n) is 2.53. The summed E-state index contributed by atoms with van der Waals surface area (Å²) in [5.41, 5.74) is 3.00. The number of rotatable bonds is 6. The number of aromatic nitrogens is 1. The van der Waals surface area contributed by atoms with Gasteiger partial charge in [0.2, 0.25) is 0 Å². The van der Waals surface area contributed by atoms with E-state index in [1.165, 1.54) is 0 Å². The standard InChI is InChI=1S/C19H20IN5O/c20-18-14-16(2-3-17(18)15-4-7-21-8-5-15)24-19(26)23-6-1-11-25-12-9-22-10-13-25/h2-5,7-10,12-14,22H,1,6,11H2,(H2,23,24,26). The number of hydrogen-bond donors (Lipinski definition) is 3. The van der Waals surface area contributed by atoms with E-state index in [1.807, 2.05) is 55.1 Å². The van der Waals surface area contributed by atoms with Crippen LogP contribution in [-0.2, 0) is 0 Å². The minimum atomic E-state index is -0.191. The zero-order valence-electron chi connectivity index (χ0n) is 14.2. The molecule has 2 amide bonds. The molecule has 0 bridgehead atoms. The molecule has 3 N–H and O–H groups in total. The van der Waals surface area contributed by atoms with Crippen molar-refractivity contribution in [2.24, 2.45) is 0 Å². The highest BCUT2D eigenvalue weighted by Crippen LogP contribution is 2.27. The number of pyridine rings is 1. The van der Waals surface area contributed by atoms with Crippen LogP contribution in [0.2, 0.25) is 0 Å². The second-order valence-corrected chi connectivity index (χ2v) is 6.86. The fraction of sp³-hybridized carbons (Fsp3) is 0.158. The monoisotopic (exact) mass is 461 g/mol. The maximum atomic E-state index is 12.0. The highest BCUT2D eigenvalue weighted by molar-refractivity contribution is 14.1. The third kappa shape index (κ3) is 5.22. The summed E-state index contributed by atoms with van der Waals surface area (Å²) in [6.45, 7) is 1.47. The zero-order chi connectivity index (χ0) is 18.2. The molecule has 2 aromatic rings. The van der Waals surface area contributed by atoms with Gasteiger partial charge in [-0.25, -0.2) is 4.79 Å². The number of carbonyl (C=O) groups is 1. The smallest absolute Gasteiger partial charge is 0.319 e. The first-order chi connectivity index (χ1) is 12.7. The Morgan fingerprint density at radius 3 is 2.65 bits per heavy atom. The summed E-state index contributed by atoms with van der Waals surface area (Å²) in [5, 5.41) is 8.75. The summed E-state index contributed by atoms with van der Waals surface area (Å²) < 4.78 is 1.07. The topological polar surface area (TPSA) is 69.3 Å². The Balaban J connectivity index is 1.47. The third-order valence-corrected chi connectivity index (χ3v) is 4.71. The summed E-state index contributed by atoms with van der Waals surface area (Å²) >= 11 is 2.28. The molecule has 134 valence electrons. The SMILES string of the molecule is O=C(NCCCN1C=CNC=C1)Nc1ccc(-c2ccncc2)c(I)c1. The summed E-state index contributed by atoms with van der Waals surface area (Å²) in [4.78, 5) is 18.2. The van der Waals surface area contributed by atoms with Crippen molar-refractivity contribution in [3.8, 4) is 11.1 Å². The average Bonchev–Trinajstić information content (AvgIpc) is 2.67. The van der Waals surface area contributed by atoms with Gasteiger partial charge in [-0.15, -0.1) is 0 Å². The van der Waals surface area contributed by atoms with Gasteiger partial charge in [-0.05, 0) is 64.4 Å². The number of hydrogen-bond acceptors (Lipinski definition) is 4. The first kappa shape index (κ1) is 18.2. The minimum absolute atomic E-state index is 0.191. The molecule has 0 radical (unpaired) electrons. The van der Waals surface area contributed by atoms with E-state index < -0.39 is 0 Å². The van der Waals surface area contributed by atoms with Crippen molar-refractivity contribution in [3.05, 3.63) is 71.1 Å². The third-order valence-electron chi connectivity index (χ3n) is 3.82. The quantitative estimate of drug-likeness (QED) is 0.453. The Morgan fingerprint density at radius 2 is 1.92 bits per heavy atom. The molecule has 2 heterocycles. The lowest BCUT2D eigenvalue weighted by molar-refractivity contribution is 0.251. The predicted molar refractivity (Wildman–Crippen MR) is 112 cm³/mol. The Kier molecular flexibility index (Phi) is 6.48. The Morgan fingerprint density at radius 1 is 1.15 bits per heavy atom. The van der Waals surface area contributed by atoms with E-state index in [2.05, 4.69) is 48.4 Å². The van der Waals surface area contributed by atoms with E-state index in [4.69, 9.17) is 0 Å². The summed E-state index contributed by atoms with van der Waals surface area (Å²) in [7, 11) is 0. The molecule has 26 heavy (non-hydrogen) atoms. The number of amides is 2. The van der Waals surface area contributed by atoms with Gasteiger partial charge in [-0.3, -0.25) is 4.98 Å². The van der Waals surface area contributed by atoms with E-state index >= 15 is 0 Å². The molecule has 1 aliphatic rings. The number of nitrogens with one attached hydrogen (secondary N) is 3. The first-order valence-electron chi connectivity index (χ1n) is 8.32.